The molecule has 154 valence electrons. The molecule has 0 aliphatic carbocycles. The van der Waals surface area contributed by atoms with Crippen LogP contribution in [0.25, 0.3) is 0 Å². The molecule has 4 rings (SSSR count). The summed E-state index contributed by atoms with van der Waals surface area (Å²) in [4.78, 5) is 14.4. The third-order valence-corrected chi connectivity index (χ3v) is 6.36. The number of thiophene rings is 1. The number of rotatable bonds is 7. The van der Waals surface area contributed by atoms with Crippen LogP contribution in [0.4, 0.5) is 0 Å². The molecule has 0 spiro atoms. The van der Waals surface area contributed by atoms with Gasteiger partial charge in [0.1, 0.15) is 5.75 Å². The van der Waals surface area contributed by atoms with Crippen molar-refractivity contribution in [3.05, 3.63) is 88.1 Å². The van der Waals surface area contributed by atoms with Crippen molar-refractivity contribution in [2.24, 2.45) is 5.10 Å². The summed E-state index contributed by atoms with van der Waals surface area (Å²) in [5, 5.41) is 11.8. The maximum atomic E-state index is 13.1. The van der Waals surface area contributed by atoms with Crippen LogP contribution in [0.15, 0.2) is 77.2 Å². The maximum absolute atomic E-state index is 13.1. The van der Waals surface area contributed by atoms with Gasteiger partial charge in [0.2, 0.25) is 0 Å². The lowest BCUT2D eigenvalue weighted by atomic mass is 9.98. The lowest BCUT2D eigenvalue weighted by Crippen LogP contribution is -2.36. The van der Waals surface area contributed by atoms with Crippen molar-refractivity contribution in [2.75, 3.05) is 13.7 Å². The first-order chi connectivity index (χ1) is 14.7. The zero-order valence-corrected chi connectivity index (χ0v) is 17.9. The molecule has 5 nitrogen and oxygen atoms in total. The van der Waals surface area contributed by atoms with Gasteiger partial charge in [0.05, 0.1) is 25.4 Å². The Bertz CT molecular complexity index is 1000. The minimum Gasteiger partial charge on any atom is -0.497 e. The van der Waals surface area contributed by atoms with Crippen LogP contribution in [-0.2, 0) is 4.79 Å². The quantitative estimate of drug-likeness (QED) is 0.599. The van der Waals surface area contributed by atoms with Gasteiger partial charge in [-0.2, -0.15) is 5.10 Å². The lowest BCUT2D eigenvalue weighted by molar-refractivity contribution is -0.132. The molecule has 2 atom stereocenters. The molecule has 0 unspecified atom stereocenters. The highest BCUT2D eigenvalue weighted by molar-refractivity contribution is 7.10. The topological polar surface area (TPSA) is 53.9 Å². The molecule has 0 radical (unpaired) electrons. The number of hydrogen-bond donors (Lipinski definition) is 1. The summed E-state index contributed by atoms with van der Waals surface area (Å²) in [5.74, 6) is 0.760. The molecule has 3 aromatic rings. The van der Waals surface area contributed by atoms with Crippen molar-refractivity contribution < 1.29 is 9.53 Å². The molecule has 2 aromatic carbocycles. The highest BCUT2D eigenvalue weighted by atomic mass is 32.1. The van der Waals surface area contributed by atoms with Gasteiger partial charge in [-0.3, -0.25) is 4.79 Å². The number of carbonyl (C=O) groups is 1. The molecule has 1 aliphatic rings. The monoisotopic (exact) mass is 419 g/mol. The Labute approximate surface area is 181 Å². The number of methoxy groups -OCH3 is 1. The highest BCUT2D eigenvalue weighted by Gasteiger charge is 2.33. The number of nitrogens with one attached hydrogen (secondary N) is 1. The summed E-state index contributed by atoms with van der Waals surface area (Å²) in [7, 11) is 1.65. The van der Waals surface area contributed by atoms with Gasteiger partial charge in [0.15, 0.2) is 0 Å². The maximum Gasteiger partial charge on any atom is 0.257 e. The Morgan fingerprint density at radius 1 is 1.17 bits per heavy atom. The van der Waals surface area contributed by atoms with Crippen molar-refractivity contribution in [3.63, 3.8) is 0 Å². The van der Waals surface area contributed by atoms with Crippen LogP contribution in [-0.4, -0.2) is 30.3 Å². The van der Waals surface area contributed by atoms with E-state index in [9.17, 15) is 4.79 Å². The van der Waals surface area contributed by atoms with Crippen molar-refractivity contribution in [1.29, 1.82) is 0 Å². The van der Waals surface area contributed by atoms with E-state index in [0.29, 0.717) is 6.42 Å². The summed E-state index contributed by atoms with van der Waals surface area (Å²) in [5.41, 5.74) is 3.02. The fourth-order valence-corrected chi connectivity index (χ4v) is 4.35. The summed E-state index contributed by atoms with van der Waals surface area (Å²) in [6.07, 6.45) is 0.683. The first-order valence-electron chi connectivity index (χ1n) is 10.0. The van der Waals surface area contributed by atoms with Gasteiger partial charge in [-0.1, -0.05) is 48.5 Å². The van der Waals surface area contributed by atoms with Crippen LogP contribution in [0, 0.1) is 0 Å². The lowest BCUT2D eigenvalue weighted by Gasteiger charge is -2.23. The molecular weight excluding hydrogens is 394 g/mol. The number of hydrogen-bond acceptors (Lipinski definition) is 5. The third-order valence-electron chi connectivity index (χ3n) is 5.30. The number of nitrogens with zero attached hydrogens (tertiary/aromatic N) is 2. The summed E-state index contributed by atoms with van der Waals surface area (Å²) < 4.78 is 5.28. The van der Waals surface area contributed by atoms with Crippen LogP contribution in [0.2, 0.25) is 0 Å². The second-order valence-corrected chi connectivity index (χ2v) is 8.24. The molecular formula is C24H25N3O2S. The molecule has 1 N–H and O–H groups in total. The minimum absolute atomic E-state index is 0.0369. The number of ether oxygens (including phenoxy) is 1. The van der Waals surface area contributed by atoms with Crippen molar-refractivity contribution in [2.45, 2.75) is 25.4 Å². The van der Waals surface area contributed by atoms with E-state index in [1.165, 1.54) is 4.88 Å². The first-order valence-corrected chi connectivity index (χ1v) is 10.9. The molecule has 1 amide bonds. The predicted octanol–water partition coefficient (Wildman–Crippen LogP) is 4.79. The molecule has 0 saturated carbocycles. The molecule has 6 heteroatoms. The normalized spacial score (nSPS) is 16.9. The molecule has 30 heavy (non-hydrogen) atoms. The average Bonchev–Trinajstić information content (AvgIpc) is 3.48. The zero-order chi connectivity index (χ0) is 20.9. The van der Waals surface area contributed by atoms with Crippen molar-refractivity contribution >= 4 is 23.0 Å². The molecule has 1 aliphatic heterocycles. The van der Waals surface area contributed by atoms with Gasteiger partial charge < -0.3 is 10.1 Å². The zero-order valence-electron chi connectivity index (χ0n) is 17.1. The Morgan fingerprint density at radius 2 is 1.93 bits per heavy atom. The van der Waals surface area contributed by atoms with Crippen LogP contribution in [0.3, 0.4) is 0 Å². The number of hydrazone groups is 1. The van der Waals surface area contributed by atoms with E-state index >= 15 is 0 Å². The van der Waals surface area contributed by atoms with Gasteiger partial charge in [-0.15, -0.1) is 11.3 Å². The van der Waals surface area contributed by atoms with Gasteiger partial charge in [-0.05, 0) is 41.6 Å². The second-order valence-electron chi connectivity index (χ2n) is 7.26. The summed E-state index contributed by atoms with van der Waals surface area (Å²) in [6.45, 7) is 2.31. The van der Waals surface area contributed by atoms with Gasteiger partial charge in [-0.25, -0.2) is 5.01 Å². The SMILES string of the molecule is COc1ccc([C@@H]2CC(c3ccccc3)=NN2C(=O)CN[C@H](C)c2cccs2)cc1. The van der Waals surface area contributed by atoms with E-state index < -0.39 is 0 Å². The fraction of sp³-hybridized carbons (Fsp3) is 0.250. The smallest absolute Gasteiger partial charge is 0.257 e. The molecule has 0 bridgehead atoms. The standard InChI is InChI=1S/C24H25N3O2S/c1-17(23-9-6-14-30-23)25-16-24(28)27-22(19-10-12-20(29-2)13-11-19)15-21(26-27)18-7-4-3-5-8-18/h3-14,17,22,25H,15-16H2,1-2H3/t17-,22+/m1/s1. The van der Waals surface area contributed by atoms with Crippen LogP contribution >= 0.6 is 11.3 Å². The van der Waals surface area contributed by atoms with Gasteiger partial charge >= 0.3 is 0 Å². The molecule has 0 fully saturated rings. The van der Waals surface area contributed by atoms with E-state index in [1.807, 2.05) is 66.0 Å². The van der Waals surface area contributed by atoms with Gasteiger partial charge in [0.25, 0.3) is 5.91 Å². The van der Waals surface area contributed by atoms with E-state index in [-0.39, 0.29) is 24.5 Å². The van der Waals surface area contributed by atoms with Crippen molar-refractivity contribution in [1.82, 2.24) is 10.3 Å². The Balaban J connectivity index is 1.54. The third kappa shape index (κ3) is 4.45. The Hall–Kier alpha value is -2.96. The second kappa shape index (κ2) is 9.24. The Kier molecular flexibility index (Phi) is 6.26. The van der Waals surface area contributed by atoms with Gasteiger partial charge in [0, 0.05) is 17.3 Å². The number of benzene rings is 2. The largest absolute Gasteiger partial charge is 0.497 e. The van der Waals surface area contributed by atoms with Crippen molar-refractivity contribution in [3.8, 4) is 5.75 Å². The summed E-state index contributed by atoms with van der Waals surface area (Å²) in [6, 6.07) is 22.0. The minimum atomic E-state index is -0.127. The molecule has 2 heterocycles. The van der Waals surface area contributed by atoms with Crippen LogP contribution < -0.4 is 10.1 Å². The van der Waals surface area contributed by atoms with E-state index in [4.69, 9.17) is 9.84 Å². The van der Waals surface area contributed by atoms with Crippen LogP contribution in [0.1, 0.15) is 41.4 Å². The Morgan fingerprint density at radius 3 is 2.60 bits per heavy atom. The van der Waals surface area contributed by atoms with E-state index in [0.717, 1.165) is 22.6 Å². The number of carbonyl (C=O) groups excluding carboxylic acids is 1. The predicted molar refractivity (Wildman–Crippen MR) is 121 cm³/mol. The molecule has 1 aromatic heterocycles. The van der Waals surface area contributed by atoms with E-state index in [2.05, 4.69) is 18.3 Å². The number of amides is 1. The van der Waals surface area contributed by atoms with E-state index in [1.54, 1.807) is 23.5 Å². The average molecular weight is 420 g/mol. The van der Waals surface area contributed by atoms with Crippen LogP contribution in [0.5, 0.6) is 5.75 Å². The molecule has 0 saturated heterocycles. The first kappa shape index (κ1) is 20.3. The fourth-order valence-electron chi connectivity index (χ4n) is 3.59. The summed E-state index contributed by atoms with van der Waals surface area (Å²) >= 11 is 1.69. The highest BCUT2D eigenvalue weighted by Crippen LogP contribution is 2.33.